The van der Waals surface area contributed by atoms with Crippen molar-refractivity contribution in [3.8, 4) is 0 Å². The SMILES string of the molecule is CCn1c(C(C)(C)C)nnc1S(=O)(=O)F. The molecule has 0 aromatic carbocycles. The molecule has 0 atom stereocenters. The van der Waals surface area contributed by atoms with Gasteiger partial charge in [-0.3, -0.25) is 4.57 Å². The smallest absolute Gasteiger partial charge is 0.299 e. The molecule has 86 valence electrons. The molecule has 0 aliphatic rings. The van der Waals surface area contributed by atoms with Gasteiger partial charge in [0.25, 0.3) is 5.16 Å². The van der Waals surface area contributed by atoms with Crippen LogP contribution >= 0.6 is 0 Å². The van der Waals surface area contributed by atoms with Crippen molar-refractivity contribution >= 4 is 10.2 Å². The standard InChI is InChI=1S/C8H14FN3O2S/c1-5-12-6(8(2,3)4)10-11-7(12)15(9,13)14/h5H2,1-4H3. The van der Waals surface area contributed by atoms with Gasteiger partial charge >= 0.3 is 10.2 Å². The molecule has 1 aromatic rings. The van der Waals surface area contributed by atoms with Gasteiger partial charge in [-0.05, 0) is 6.92 Å². The van der Waals surface area contributed by atoms with E-state index < -0.39 is 15.4 Å². The molecule has 1 heterocycles. The van der Waals surface area contributed by atoms with Gasteiger partial charge in [-0.25, -0.2) is 0 Å². The van der Waals surface area contributed by atoms with Crippen LogP contribution in [0.4, 0.5) is 3.89 Å². The lowest BCUT2D eigenvalue weighted by Gasteiger charge is -2.17. The van der Waals surface area contributed by atoms with Crippen molar-refractivity contribution in [3.63, 3.8) is 0 Å². The van der Waals surface area contributed by atoms with E-state index in [0.717, 1.165) is 0 Å². The number of rotatable bonds is 2. The molecule has 7 heteroatoms. The Labute approximate surface area is 88.5 Å². The largest absolute Gasteiger partial charge is 0.368 e. The van der Waals surface area contributed by atoms with Crippen LogP contribution in [0.3, 0.4) is 0 Å². The average Bonchev–Trinajstić information content (AvgIpc) is 2.43. The molecule has 0 fully saturated rings. The maximum atomic E-state index is 12.8. The van der Waals surface area contributed by atoms with E-state index in [0.29, 0.717) is 12.4 Å². The quantitative estimate of drug-likeness (QED) is 0.724. The summed E-state index contributed by atoms with van der Waals surface area (Å²) in [5.74, 6) is 0.459. The molecule has 1 aromatic heterocycles. The third-order valence-corrected chi connectivity index (χ3v) is 2.66. The van der Waals surface area contributed by atoms with Crippen LogP contribution < -0.4 is 0 Å². The zero-order valence-electron chi connectivity index (χ0n) is 9.15. The Hall–Kier alpha value is -0.980. The van der Waals surface area contributed by atoms with E-state index >= 15 is 0 Å². The Morgan fingerprint density at radius 2 is 1.87 bits per heavy atom. The van der Waals surface area contributed by atoms with Crippen molar-refractivity contribution in [1.29, 1.82) is 0 Å². The summed E-state index contributed by atoms with van der Waals surface area (Å²) in [4.78, 5) is 0. The molecule has 0 unspecified atom stereocenters. The lowest BCUT2D eigenvalue weighted by Crippen LogP contribution is -2.20. The van der Waals surface area contributed by atoms with E-state index in [1.807, 2.05) is 20.8 Å². The summed E-state index contributed by atoms with van der Waals surface area (Å²) in [7, 11) is -4.80. The number of nitrogens with zero attached hydrogens (tertiary/aromatic N) is 3. The van der Waals surface area contributed by atoms with Crippen LogP contribution in [0.5, 0.6) is 0 Å². The van der Waals surface area contributed by atoms with Crippen LogP contribution in [-0.2, 0) is 22.2 Å². The maximum Gasteiger partial charge on any atom is 0.368 e. The Morgan fingerprint density at radius 1 is 1.33 bits per heavy atom. The molecule has 0 bridgehead atoms. The van der Waals surface area contributed by atoms with E-state index in [1.54, 1.807) is 6.92 Å². The van der Waals surface area contributed by atoms with Crippen LogP contribution in [0.15, 0.2) is 5.16 Å². The van der Waals surface area contributed by atoms with Gasteiger partial charge < -0.3 is 0 Å². The second-order valence-electron chi connectivity index (χ2n) is 4.24. The molecule has 0 aliphatic heterocycles. The van der Waals surface area contributed by atoms with E-state index in [4.69, 9.17) is 0 Å². The summed E-state index contributed by atoms with van der Waals surface area (Å²) in [6, 6.07) is 0. The summed E-state index contributed by atoms with van der Waals surface area (Å²) >= 11 is 0. The first-order chi connectivity index (χ1) is 6.68. The summed E-state index contributed by atoms with van der Waals surface area (Å²) in [6.45, 7) is 7.61. The van der Waals surface area contributed by atoms with Crippen molar-refractivity contribution in [2.45, 2.75) is 44.8 Å². The van der Waals surface area contributed by atoms with Crippen LogP contribution in [0.25, 0.3) is 0 Å². The Kier molecular flexibility index (Phi) is 2.86. The monoisotopic (exact) mass is 235 g/mol. The van der Waals surface area contributed by atoms with Gasteiger partial charge in [-0.15, -0.1) is 10.2 Å². The third-order valence-electron chi connectivity index (χ3n) is 1.92. The first-order valence-electron chi connectivity index (χ1n) is 4.56. The fraction of sp³-hybridized carbons (Fsp3) is 0.750. The minimum atomic E-state index is -4.80. The van der Waals surface area contributed by atoms with E-state index in [9.17, 15) is 12.3 Å². The summed E-state index contributed by atoms with van der Waals surface area (Å²) in [5.41, 5.74) is -0.369. The van der Waals surface area contributed by atoms with Gasteiger partial charge in [0.05, 0.1) is 0 Å². The molecule has 15 heavy (non-hydrogen) atoms. The summed E-state index contributed by atoms with van der Waals surface area (Å²) in [5, 5.41) is 6.48. The third kappa shape index (κ3) is 2.34. The molecule has 0 radical (unpaired) electrons. The number of halogens is 1. The Morgan fingerprint density at radius 3 is 2.20 bits per heavy atom. The lowest BCUT2D eigenvalue weighted by molar-refractivity contribution is 0.481. The minimum absolute atomic E-state index is 0.318. The molecule has 0 amide bonds. The number of hydrogen-bond donors (Lipinski definition) is 0. The van der Waals surface area contributed by atoms with Crippen molar-refractivity contribution in [1.82, 2.24) is 14.8 Å². The predicted octanol–water partition coefficient (Wildman–Crippen LogP) is 1.25. The number of aromatic nitrogens is 3. The molecule has 1 rings (SSSR count). The molecule has 5 nitrogen and oxygen atoms in total. The highest BCUT2D eigenvalue weighted by Gasteiger charge is 2.28. The van der Waals surface area contributed by atoms with Crippen molar-refractivity contribution < 1.29 is 12.3 Å². The Bertz CT molecular complexity index is 459. The average molecular weight is 235 g/mol. The highest BCUT2D eigenvalue weighted by Crippen LogP contribution is 2.23. The van der Waals surface area contributed by atoms with Gasteiger partial charge in [0.2, 0.25) is 0 Å². The van der Waals surface area contributed by atoms with Crippen molar-refractivity contribution in [3.05, 3.63) is 5.82 Å². The first kappa shape index (κ1) is 12.1. The van der Waals surface area contributed by atoms with E-state index in [2.05, 4.69) is 10.2 Å². The normalized spacial score (nSPS) is 13.1. The van der Waals surface area contributed by atoms with E-state index in [1.165, 1.54) is 4.57 Å². The van der Waals surface area contributed by atoms with E-state index in [-0.39, 0.29) is 5.41 Å². The maximum absolute atomic E-state index is 12.8. The van der Waals surface area contributed by atoms with Gasteiger partial charge in [0.1, 0.15) is 5.82 Å². The Balaban J connectivity index is 3.44. The first-order valence-corrected chi connectivity index (χ1v) is 5.94. The minimum Gasteiger partial charge on any atom is -0.299 e. The summed E-state index contributed by atoms with van der Waals surface area (Å²) < 4.78 is 35.6. The van der Waals surface area contributed by atoms with Gasteiger partial charge in [-0.1, -0.05) is 24.7 Å². The summed E-state index contributed by atoms with van der Waals surface area (Å²) in [6.07, 6.45) is 0. The van der Waals surface area contributed by atoms with Crippen molar-refractivity contribution in [2.75, 3.05) is 0 Å². The molecule has 0 saturated carbocycles. The van der Waals surface area contributed by atoms with Crippen LogP contribution in [-0.4, -0.2) is 23.2 Å². The van der Waals surface area contributed by atoms with Gasteiger partial charge in [-0.2, -0.15) is 8.42 Å². The van der Waals surface area contributed by atoms with Crippen LogP contribution in [0, 0.1) is 0 Å². The lowest BCUT2D eigenvalue weighted by atomic mass is 9.96. The molecular formula is C8H14FN3O2S. The zero-order chi connectivity index (χ0) is 11.9. The van der Waals surface area contributed by atoms with Crippen LogP contribution in [0.2, 0.25) is 0 Å². The van der Waals surface area contributed by atoms with Gasteiger partial charge in [0.15, 0.2) is 0 Å². The molecule has 0 saturated heterocycles. The fourth-order valence-corrected chi connectivity index (χ4v) is 1.93. The second kappa shape index (κ2) is 3.55. The highest BCUT2D eigenvalue weighted by atomic mass is 32.3. The highest BCUT2D eigenvalue weighted by molar-refractivity contribution is 7.86. The predicted molar refractivity (Wildman–Crippen MR) is 52.7 cm³/mol. The second-order valence-corrected chi connectivity index (χ2v) is 5.48. The fourth-order valence-electron chi connectivity index (χ4n) is 1.31. The van der Waals surface area contributed by atoms with Crippen LogP contribution in [0.1, 0.15) is 33.5 Å². The molecular weight excluding hydrogens is 221 g/mol. The number of hydrogen-bond acceptors (Lipinski definition) is 4. The molecule has 0 aliphatic carbocycles. The molecule has 0 N–H and O–H groups in total. The topological polar surface area (TPSA) is 64.8 Å². The zero-order valence-corrected chi connectivity index (χ0v) is 9.97. The van der Waals surface area contributed by atoms with Crippen molar-refractivity contribution in [2.24, 2.45) is 0 Å². The van der Waals surface area contributed by atoms with Gasteiger partial charge in [0, 0.05) is 12.0 Å². The molecule has 0 spiro atoms.